The van der Waals surface area contributed by atoms with Crippen molar-refractivity contribution in [2.45, 2.75) is 33.0 Å². The van der Waals surface area contributed by atoms with Crippen molar-refractivity contribution in [2.24, 2.45) is 5.41 Å². The first-order chi connectivity index (χ1) is 10.8. The maximum absolute atomic E-state index is 10.3. The highest BCUT2D eigenvalue weighted by Crippen LogP contribution is 2.20. The van der Waals surface area contributed by atoms with Crippen molar-refractivity contribution in [3.63, 3.8) is 0 Å². The molecule has 0 aromatic rings. The molecule has 2 saturated heterocycles. The zero-order chi connectivity index (χ0) is 16.9. The average Bonchev–Trinajstić information content (AvgIpc) is 2.49. The summed E-state index contributed by atoms with van der Waals surface area (Å²) in [7, 11) is 0. The molecule has 23 heavy (non-hydrogen) atoms. The summed E-state index contributed by atoms with van der Waals surface area (Å²) in [4.78, 5) is 6.95. The van der Waals surface area contributed by atoms with Crippen molar-refractivity contribution >= 4 is 0 Å². The molecule has 0 bridgehead atoms. The zero-order valence-corrected chi connectivity index (χ0v) is 15.1. The maximum atomic E-state index is 10.3. The van der Waals surface area contributed by atoms with E-state index in [2.05, 4.69) is 35.5 Å². The molecule has 0 spiro atoms. The molecule has 0 aromatic heterocycles. The number of morpholine rings is 1. The van der Waals surface area contributed by atoms with Crippen molar-refractivity contribution in [2.75, 3.05) is 72.1 Å². The molecule has 0 aliphatic carbocycles. The van der Waals surface area contributed by atoms with Crippen LogP contribution >= 0.6 is 0 Å². The molecule has 6 nitrogen and oxygen atoms in total. The van der Waals surface area contributed by atoms with Crippen LogP contribution in [0.4, 0.5) is 0 Å². The number of β-amino-alcohol motifs (C(OH)–C–C–N with tert-alkyl or cyclic N) is 2. The second kappa shape index (κ2) is 8.74. The Hall–Kier alpha value is -0.240. The van der Waals surface area contributed by atoms with Crippen LogP contribution in [-0.4, -0.2) is 109 Å². The number of aliphatic hydroxyl groups excluding tert-OH is 2. The molecule has 2 N–H and O–H groups in total. The van der Waals surface area contributed by atoms with Crippen LogP contribution in [0.15, 0.2) is 0 Å². The van der Waals surface area contributed by atoms with Crippen LogP contribution in [0.3, 0.4) is 0 Å². The topological polar surface area (TPSA) is 59.4 Å². The molecule has 2 aliphatic rings. The molecule has 2 aliphatic heterocycles. The van der Waals surface area contributed by atoms with E-state index in [9.17, 15) is 10.2 Å². The highest BCUT2D eigenvalue weighted by molar-refractivity contribution is 4.81. The monoisotopic (exact) mass is 329 g/mol. The Morgan fingerprint density at radius 3 is 1.70 bits per heavy atom. The van der Waals surface area contributed by atoms with Crippen LogP contribution in [0.1, 0.15) is 20.8 Å². The fraction of sp³-hybridized carbons (Fsp3) is 1.00. The van der Waals surface area contributed by atoms with Gasteiger partial charge in [-0.1, -0.05) is 20.8 Å². The van der Waals surface area contributed by atoms with Gasteiger partial charge >= 0.3 is 0 Å². The molecule has 2 heterocycles. The molecule has 0 radical (unpaired) electrons. The fourth-order valence-corrected chi connectivity index (χ4v) is 3.11. The molecule has 136 valence electrons. The molecule has 2 rings (SSSR count). The number of piperazine rings is 1. The third kappa shape index (κ3) is 6.64. The second-order valence-electron chi connectivity index (χ2n) is 8.05. The Kier molecular flexibility index (Phi) is 7.25. The minimum Gasteiger partial charge on any atom is -0.391 e. The second-order valence-corrected chi connectivity index (χ2v) is 8.05. The van der Waals surface area contributed by atoms with Crippen LogP contribution in [0.2, 0.25) is 0 Å². The molecular weight excluding hydrogens is 294 g/mol. The molecule has 6 heteroatoms. The number of rotatable bonds is 6. The van der Waals surface area contributed by atoms with Gasteiger partial charge in [-0.2, -0.15) is 0 Å². The number of ether oxygens (including phenoxy) is 1. The van der Waals surface area contributed by atoms with Gasteiger partial charge in [0, 0.05) is 58.9 Å². The highest BCUT2D eigenvalue weighted by Gasteiger charge is 2.27. The molecule has 0 saturated carbocycles. The van der Waals surface area contributed by atoms with Crippen molar-refractivity contribution in [3.05, 3.63) is 0 Å². The van der Waals surface area contributed by atoms with Crippen molar-refractivity contribution in [1.29, 1.82) is 0 Å². The van der Waals surface area contributed by atoms with Gasteiger partial charge < -0.3 is 14.9 Å². The normalized spacial score (nSPS) is 25.4. The van der Waals surface area contributed by atoms with Crippen LogP contribution in [0.5, 0.6) is 0 Å². The lowest BCUT2D eigenvalue weighted by atomic mass is 9.89. The molecule has 0 amide bonds. The van der Waals surface area contributed by atoms with Crippen molar-refractivity contribution < 1.29 is 14.9 Å². The number of hydrogen-bond acceptors (Lipinski definition) is 6. The summed E-state index contributed by atoms with van der Waals surface area (Å²) in [6, 6.07) is 0. The van der Waals surface area contributed by atoms with Crippen LogP contribution in [-0.2, 0) is 4.74 Å². The summed E-state index contributed by atoms with van der Waals surface area (Å²) in [6.45, 7) is 15.8. The number of nitrogens with zero attached hydrogens (tertiary/aromatic N) is 3. The third-order valence-electron chi connectivity index (χ3n) is 4.94. The SMILES string of the molecule is CC(C)(C)[C@@H](O)CN1CCN(C[C@@H](O)CN2CCOCC2)CC1. The van der Waals surface area contributed by atoms with E-state index in [1.807, 2.05) is 0 Å². The number of aliphatic hydroxyl groups is 2. The maximum Gasteiger partial charge on any atom is 0.0793 e. The van der Waals surface area contributed by atoms with Gasteiger partial charge in [-0.3, -0.25) is 14.7 Å². The minimum atomic E-state index is -0.292. The van der Waals surface area contributed by atoms with Crippen LogP contribution in [0, 0.1) is 5.41 Å². The van der Waals surface area contributed by atoms with Gasteiger partial charge in [0.05, 0.1) is 25.4 Å². The van der Waals surface area contributed by atoms with E-state index in [0.29, 0.717) is 0 Å². The van der Waals surface area contributed by atoms with Gasteiger partial charge in [-0.25, -0.2) is 0 Å². The lowest BCUT2D eigenvalue weighted by molar-refractivity contribution is -0.00723. The predicted octanol–water partition coefficient (Wildman–Crippen LogP) is -0.296. The standard InChI is InChI=1S/C17H35N3O3/c1-17(2,3)16(22)14-19-6-4-18(5-7-19)12-15(21)13-20-8-10-23-11-9-20/h15-16,21-22H,4-14H2,1-3H3/t15-,16+/m1/s1. The Morgan fingerprint density at radius 2 is 1.22 bits per heavy atom. The molecule has 0 aromatic carbocycles. The first kappa shape index (κ1) is 19.1. The van der Waals surface area contributed by atoms with Crippen molar-refractivity contribution in [1.82, 2.24) is 14.7 Å². The van der Waals surface area contributed by atoms with Gasteiger partial charge in [0.2, 0.25) is 0 Å². The van der Waals surface area contributed by atoms with Crippen molar-refractivity contribution in [3.8, 4) is 0 Å². The first-order valence-electron chi connectivity index (χ1n) is 8.95. The van der Waals surface area contributed by atoms with Crippen LogP contribution < -0.4 is 0 Å². The Labute approximate surface area is 141 Å². The van der Waals surface area contributed by atoms with Gasteiger partial charge in [0.25, 0.3) is 0 Å². The van der Waals surface area contributed by atoms with E-state index < -0.39 is 0 Å². The summed E-state index contributed by atoms with van der Waals surface area (Å²) in [6.07, 6.45) is -0.583. The summed E-state index contributed by atoms with van der Waals surface area (Å²) >= 11 is 0. The van der Waals surface area contributed by atoms with E-state index in [-0.39, 0.29) is 17.6 Å². The zero-order valence-electron chi connectivity index (χ0n) is 15.1. The van der Waals surface area contributed by atoms with Gasteiger partial charge in [-0.15, -0.1) is 0 Å². The third-order valence-corrected chi connectivity index (χ3v) is 4.94. The highest BCUT2D eigenvalue weighted by atomic mass is 16.5. The van der Waals surface area contributed by atoms with E-state index in [1.165, 1.54) is 0 Å². The summed E-state index contributed by atoms with van der Waals surface area (Å²) < 4.78 is 5.34. The fourth-order valence-electron chi connectivity index (χ4n) is 3.11. The minimum absolute atomic E-state index is 0.0640. The van der Waals surface area contributed by atoms with E-state index in [1.54, 1.807) is 0 Å². The molecule has 2 atom stereocenters. The Balaban J connectivity index is 1.64. The number of hydrogen-bond donors (Lipinski definition) is 2. The van der Waals surface area contributed by atoms with Crippen LogP contribution in [0.25, 0.3) is 0 Å². The molecule has 2 fully saturated rings. The largest absolute Gasteiger partial charge is 0.391 e. The summed E-state index contributed by atoms with van der Waals surface area (Å²) in [5.41, 5.74) is -0.0640. The van der Waals surface area contributed by atoms with Gasteiger partial charge in [0.15, 0.2) is 0 Å². The Bertz CT molecular complexity index is 334. The van der Waals surface area contributed by atoms with E-state index in [4.69, 9.17) is 4.74 Å². The van der Waals surface area contributed by atoms with E-state index in [0.717, 1.165) is 72.1 Å². The lowest BCUT2D eigenvalue weighted by Gasteiger charge is -2.39. The smallest absolute Gasteiger partial charge is 0.0793 e. The summed E-state index contributed by atoms with van der Waals surface area (Å²) in [5, 5.41) is 20.5. The summed E-state index contributed by atoms with van der Waals surface area (Å²) in [5.74, 6) is 0. The first-order valence-corrected chi connectivity index (χ1v) is 8.95. The lowest BCUT2D eigenvalue weighted by Crippen LogP contribution is -2.52. The van der Waals surface area contributed by atoms with E-state index >= 15 is 0 Å². The molecule has 0 unspecified atom stereocenters. The van der Waals surface area contributed by atoms with Gasteiger partial charge in [-0.05, 0) is 5.41 Å². The predicted molar refractivity (Wildman–Crippen MR) is 91.6 cm³/mol. The Morgan fingerprint density at radius 1 is 0.783 bits per heavy atom. The van der Waals surface area contributed by atoms with Gasteiger partial charge in [0.1, 0.15) is 0 Å². The average molecular weight is 329 g/mol. The quantitative estimate of drug-likeness (QED) is 0.698. The molecular formula is C17H35N3O3.